The molecule has 5 rings (SSSR count). The Morgan fingerprint density at radius 3 is 2.36 bits per heavy atom. The highest BCUT2D eigenvalue weighted by molar-refractivity contribution is 5.31. The number of aromatic hydroxyl groups is 1. The number of pyridine rings is 1. The summed E-state index contributed by atoms with van der Waals surface area (Å²) in [5.74, 6) is 1.98. The van der Waals surface area contributed by atoms with Crippen molar-refractivity contribution in [1.82, 2.24) is 9.47 Å². The minimum Gasteiger partial charge on any atom is -0.507 e. The van der Waals surface area contributed by atoms with Gasteiger partial charge in [-0.15, -0.1) is 0 Å². The maximum Gasteiger partial charge on any atom is 0.257 e. The second kappa shape index (κ2) is 5.41. The molecule has 0 aromatic carbocycles. The fourth-order valence-electron chi connectivity index (χ4n) is 5.20. The summed E-state index contributed by atoms with van der Waals surface area (Å²) in [5, 5.41) is 9.51. The zero-order valence-electron chi connectivity index (χ0n) is 13.1. The summed E-state index contributed by atoms with van der Waals surface area (Å²) in [6.45, 7) is 5.45. The average Bonchev–Trinajstić information content (AvgIpc) is 2.49. The van der Waals surface area contributed by atoms with Gasteiger partial charge in [-0.3, -0.25) is 9.69 Å². The zero-order chi connectivity index (χ0) is 15.3. The van der Waals surface area contributed by atoms with Crippen LogP contribution in [0.25, 0.3) is 0 Å². The predicted molar refractivity (Wildman–Crippen MR) is 85.8 cm³/mol. The van der Waals surface area contributed by atoms with Crippen molar-refractivity contribution < 1.29 is 5.11 Å². The maximum absolute atomic E-state index is 12.0. The summed E-state index contributed by atoms with van der Waals surface area (Å²) in [5.41, 5.74) is 0.0394. The zero-order valence-corrected chi connectivity index (χ0v) is 13.1. The Labute approximate surface area is 131 Å². The third-order valence-corrected chi connectivity index (χ3v) is 6.08. The maximum atomic E-state index is 12.0. The second-order valence-corrected chi connectivity index (χ2v) is 7.49. The molecule has 2 aliphatic heterocycles. The molecule has 2 saturated heterocycles. The van der Waals surface area contributed by atoms with Crippen LogP contribution >= 0.6 is 0 Å². The molecule has 4 aliphatic rings. The largest absolute Gasteiger partial charge is 0.507 e. The molecule has 4 bridgehead atoms. The first kappa shape index (κ1) is 14.3. The van der Waals surface area contributed by atoms with Gasteiger partial charge < -0.3 is 9.67 Å². The van der Waals surface area contributed by atoms with Crippen LogP contribution in [0.2, 0.25) is 0 Å². The van der Waals surface area contributed by atoms with Gasteiger partial charge >= 0.3 is 0 Å². The van der Waals surface area contributed by atoms with Gasteiger partial charge in [0.2, 0.25) is 0 Å². The summed E-state index contributed by atoms with van der Waals surface area (Å²) < 4.78 is 1.68. The number of aromatic nitrogens is 1. The molecule has 1 N–H and O–H groups in total. The molecule has 119 valence electrons. The Hall–Kier alpha value is -1.29. The van der Waals surface area contributed by atoms with Crippen LogP contribution in [0.1, 0.15) is 44.1 Å². The average molecular weight is 301 g/mol. The van der Waals surface area contributed by atoms with E-state index >= 15 is 0 Å². The lowest BCUT2D eigenvalue weighted by Gasteiger charge is -2.56. The van der Waals surface area contributed by atoms with Gasteiger partial charge in [0.1, 0.15) is 5.75 Å². The van der Waals surface area contributed by atoms with Crippen molar-refractivity contribution in [2.45, 2.75) is 57.2 Å². The Kier molecular flexibility index (Phi) is 3.52. The van der Waals surface area contributed by atoms with Crippen LogP contribution in [0.15, 0.2) is 17.1 Å². The molecule has 4 heteroatoms. The molecule has 3 heterocycles. The van der Waals surface area contributed by atoms with Crippen LogP contribution in [0.3, 0.4) is 0 Å². The molecule has 22 heavy (non-hydrogen) atoms. The Morgan fingerprint density at radius 1 is 1.09 bits per heavy atom. The molecular formula is C18H25N2O2. The lowest BCUT2D eigenvalue weighted by Crippen LogP contribution is -2.58. The van der Waals surface area contributed by atoms with Crippen LogP contribution in [0, 0.1) is 18.8 Å². The molecule has 2 saturated carbocycles. The van der Waals surface area contributed by atoms with E-state index in [-0.39, 0.29) is 16.9 Å². The van der Waals surface area contributed by atoms with E-state index in [1.165, 1.54) is 32.1 Å². The summed E-state index contributed by atoms with van der Waals surface area (Å²) in [4.78, 5) is 14.8. The van der Waals surface area contributed by atoms with Crippen LogP contribution in [0.4, 0.5) is 0 Å². The number of rotatable bonds is 4. The molecule has 0 spiro atoms. The first-order chi connectivity index (χ1) is 10.6. The number of hydrogen-bond donors (Lipinski definition) is 1. The van der Waals surface area contributed by atoms with Gasteiger partial charge in [-0.1, -0.05) is 0 Å². The Bertz CT molecular complexity index is 594. The smallest absolute Gasteiger partial charge is 0.257 e. The molecule has 0 unspecified atom stereocenters. The van der Waals surface area contributed by atoms with E-state index in [2.05, 4.69) is 11.8 Å². The van der Waals surface area contributed by atoms with E-state index in [0.29, 0.717) is 6.54 Å². The molecule has 0 amide bonds. The fraction of sp³-hybridized carbons (Fsp3) is 0.667. The summed E-state index contributed by atoms with van der Waals surface area (Å²) in [6, 6.07) is 3.17. The number of hydrogen-bond acceptors (Lipinski definition) is 3. The van der Waals surface area contributed by atoms with Crippen LogP contribution < -0.4 is 5.56 Å². The lowest BCUT2D eigenvalue weighted by molar-refractivity contribution is -0.0593. The minimum atomic E-state index is -0.167. The second-order valence-electron chi connectivity index (χ2n) is 7.49. The van der Waals surface area contributed by atoms with Crippen molar-refractivity contribution in [2.75, 3.05) is 6.54 Å². The topological polar surface area (TPSA) is 45.5 Å². The van der Waals surface area contributed by atoms with Gasteiger partial charge in [-0.05, 0) is 63.4 Å². The van der Waals surface area contributed by atoms with E-state index in [1.54, 1.807) is 16.8 Å². The summed E-state index contributed by atoms with van der Waals surface area (Å²) in [6.07, 6.45) is 9.75. The third-order valence-electron chi connectivity index (χ3n) is 6.08. The van der Waals surface area contributed by atoms with Gasteiger partial charge in [-0.25, -0.2) is 0 Å². The van der Waals surface area contributed by atoms with Crippen molar-refractivity contribution in [3.63, 3.8) is 0 Å². The quantitative estimate of drug-likeness (QED) is 0.929. The molecule has 4 nitrogen and oxygen atoms in total. The molecule has 0 atom stereocenters. The first-order valence-corrected chi connectivity index (χ1v) is 8.62. The number of piperidine rings is 2. The van der Waals surface area contributed by atoms with E-state index < -0.39 is 0 Å². The molecule has 4 fully saturated rings. The SMILES string of the molecule is [CH2]c1c(O)ccn(CCCN2C3CC4CC(C3)CC2C4)c1=O. The molecular weight excluding hydrogens is 276 g/mol. The van der Waals surface area contributed by atoms with Gasteiger partial charge in [0.15, 0.2) is 0 Å². The highest BCUT2D eigenvalue weighted by Crippen LogP contribution is 2.48. The summed E-state index contributed by atoms with van der Waals surface area (Å²) >= 11 is 0. The molecule has 1 aromatic rings. The van der Waals surface area contributed by atoms with Crippen molar-refractivity contribution >= 4 is 0 Å². The Morgan fingerprint density at radius 2 is 1.73 bits per heavy atom. The highest BCUT2D eigenvalue weighted by atomic mass is 16.3. The van der Waals surface area contributed by atoms with Crippen molar-refractivity contribution in [3.8, 4) is 5.75 Å². The van der Waals surface area contributed by atoms with Gasteiger partial charge in [0, 0.05) is 31.4 Å². The van der Waals surface area contributed by atoms with Gasteiger partial charge in [0.25, 0.3) is 5.56 Å². The van der Waals surface area contributed by atoms with Crippen LogP contribution in [-0.4, -0.2) is 33.2 Å². The fourth-order valence-corrected chi connectivity index (χ4v) is 5.20. The minimum absolute atomic E-state index is 0.00830. The van der Waals surface area contributed by atoms with Crippen molar-refractivity contribution in [2.24, 2.45) is 11.8 Å². The highest BCUT2D eigenvalue weighted by Gasteiger charge is 2.46. The first-order valence-electron chi connectivity index (χ1n) is 8.62. The molecule has 1 radical (unpaired) electrons. The van der Waals surface area contributed by atoms with E-state index in [9.17, 15) is 9.90 Å². The Balaban J connectivity index is 1.38. The van der Waals surface area contributed by atoms with Gasteiger partial charge in [0.05, 0.1) is 5.56 Å². The van der Waals surface area contributed by atoms with Crippen molar-refractivity contribution in [1.29, 1.82) is 0 Å². The van der Waals surface area contributed by atoms with Crippen LogP contribution in [0.5, 0.6) is 5.75 Å². The number of nitrogens with zero attached hydrogens (tertiary/aromatic N) is 2. The van der Waals surface area contributed by atoms with Crippen molar-refractivity contribution in [3.05, 3.63) is 35.1 Å². The number of aryl methyl sites for hydroxylation is 1. The van der Waals surface area contributed by atoms with E-state index in [1.807, 2.05) is 0 Å². The normalized spacial score (nSPS) is 33.5. The predicted octanol–water partition coefficient (Wildman–Crippen LogP) is 2.39. The van der Waals surface area contributed by atoms with Gasteiger partial charge in [-0.2, -0.15) is 0 Å². The molecule has 2 aliphatic carbocycles. The summed E-state index contributed by atoms with van der Waals surface area (Å²) in [7, 11) is 0. The molecule has 1 aromatic heterocycles. The van der Waals surface area contributed by atoms with E-state index in [4.69, 9.17) is 0 Å². The third kappa shape index (κ3) is 2.37. The monoisotopic (exact) mass is 301 g/mol. The standard InChI is InChI=1S/C18H25N2O2/c1-12-17(21)3-6-19(18(12)22)4-2-5-20-15-8-13-7-14(10-15)11-16(20)9-13/h3,6,13-16,21H,1-2,4-5,7-11H2. The lowest BCUT2D eigenvalue weighted by atomic mass is 9.63. The van der Waals surface area contributed by atoms with E-state index in [0.717, 1.165) is 36.9 Å². The van der Waals surface area contributed by atoms with Crippen LogP contribution in [-0.2, 0) is 6.54 Å².